The van der Waals surface area contributed by atoms with Crippen LogP contribution in [0.3, 0.4) is 0 Å². The van der Waals surface area contributed by atoms with E-state index in [9.17, 15) is 0 Å². The highest BCUT2D eigenvalue weighted by Gasteiger charge is 2.03. The Labute approximate surface area is 87.5 Å². The number of nitrogens with one attached hydrogen (secondary N) is 1. The van der Waals surface area contributed by atoms with E-state index in [4.69, 9.17) is 0 Å². The van der Waals surface area contributed by atoms with E-state index in [1.807, 2.05) is 0 Å². The fraction of sp³-hybridized carbons (Fsp3) is 0.538. The van der Waals surface area contributed by atoms with E-state index in [2.05, 4.69) is 56.4 Å². The molecule has 1 aromatic rings. The zero-order valence-electron chi connectivity index (χ0n) is 9.46. The van der Waals surface area contributed by atoms with Crippen LogP contribution in [-0.2, 0) is 6.54 Å². The van der Waals surface area contributed by atoms with E-state index >= 15 is 0 Å². The zero-order chi connectivity index (χ0) is 10.4. The molecule has 0 amide bonds. The molecular formula is C13H21N. The lowest BCUT2D eigenvalue weighted by Crippen LogP contribution is -2.26. The summed E-state index contributed by atoms with van der Waals surface area (Å²) in [5, 5.41) is 3.53. The Morgan fingerprint density at radius 3 is 2.29 bits per heavy atom. The fourth-order valence-electron chi connectivity index (χ4n) is 1.68. The summed E-state index contributed by atoms with van der Waals surface area (Å²) >= 11 is 0. The fourth-order valence-corrected chi connectivity index (χ4v) is 1.68. The van der Waals surface area contributed by atoms with Crippen molar-refractivity contribution in [2.75, 3.05) is 0 Å². The summed E-state index contributed by atoms with van der Waals surface area (Å²) in [7, 11) is 0. The molecule has 1 N–H and O–H groups in total. The van der Waals surface area contributed by atoms with Crippen molar-refractivity contribution in [2.45, 2.75) is 39.8 Å². The van der Waals surface area contributed by atoms with Crippen LogP contribution in [0.4, 0.5) is 0 Å². The lowest BCUT2D eigenvalue weighted by molar-refractivity contribution is 0.441. The van der Waals surface area contributed by atoms with Gasteiger partial charge in [-0.15, -0.1) is 0 Å². The van der Waals surface area contributed by atoms with Crippen LogP contribution in [0.15, 0.2) is 30.3 Å². The minimum absolute atomic E-state index is 0.607. The largest absolute Gasteiger partial charge is 0.310 e. The van der Waals surface area contributed by atoms with Gasteiger partial charge in [0.2, 0.25) is 0 Å². The lowest BCUT2D eigenvalue weighted by Gasteiger charge is -2.15. The van der Waals surface area contributed by atoms with Crippen molar-refractivity contribution in [3.8, 4) is 0 Å². The Balaban J connectivity index is 2.27. The van der Waals surface area contributed by atoms with Gasteiger partial charge in [-0.3, -0.25) is 0 Å². The van der Waals surface area contributed by atoms with Gasteiger partial charge in [0.1, 0.15) is 0 Å². The molecule has 0 unspecified atom stereocenters. The maximum Gasteiger partial charge on any atom is 0.0207 e. The average molecular weight is 191 g/mol. The van der Waals surface area contributed by atoms with Crippen LogP contribution in [0.1, 0.15) is 32.8 Å². The van der Waals surface area contributed by atoms with Gasteiger partial charge in [0.15, 0.2) is 0 Å². The van der Waals surface area contributed by atoms with Crippen molar-refractivity contribution >= 4 is 0 Å². The van der Waals surface area contributed by atoms with Crippen molar-refractivity contribution in [3.63, 3.8) is 0 Å². The second kappa shape index (κ2) is 5.82. The molecule has 1 aromatic carbocycles. The van der Waals surface area contributed by atoms with Crippen molar-refractivity contribution in [1.82, 2.24) is 5.32 Å². The monoisotopic (exact) mass is 191 g/mol. The Bertz CT molecular complexity index is 241. The first-order valence-electron chi connectivity index (χ1n) is 5.46. The molecule has 1 heteroatoms. The number of rotatable bonds is 5. The molecular weight excluding hydrogens is 170 g/mol. The highest BCUT2D eigenvalue weighted by molar-refractivity contribution is 5.14. The Hall–Kier alpha value is -0.820. The molecule has 0 spiro atoms. The predicted molar refractivity (Wildman–Crippen MR) is 62.2 cm³/mol. The maximum absolute atomic E-state index is 3.53. The number of benzene rings is 1. The van der Waals surface area contributed by atoms with Crippen LogP contribution in [0.25, 0.3) is 0 Å². The van der Waals surface area contributed by atoms with E-state index in [1.54, 1.807) is 0 Å². The third kappa shape index (κ3) is 4.43. The summed E-state index contributed by atoms with van der Waals surface area (Å²) in [5.74, 6) is 0.772. The minimum Gasteiger partial charge on any atom is -0.310 e. The molecule has 78 valence electrons. The molecule has 14 heavy (non-hydrogen) atoms. The highest BCUT2D eigenvalue weighted by atomic mass is 14.9. The van der Waals surface area contributed by atoms with E-state index < -0.39 is 0 Å². The molecule has 1 nitrogen and oxygen atoms in total. The lowest BCUT2D eigenvalue weighted by atomic mass is 10.1. The first kappa shape index (κ1) is 11.3. The van der Waals surface area contributed by atoms with Crippen molar-refractivity contribution in [2.24, 2.45) is 5.92 Å². The summed E-state index contributed by atoms with van der Waals surface area (Å²) in [5.41, 5.74) is 1.36. The van der Waals surface area contributed by atoms with Crippen molar-refractivity contribution in [3.05, 3.63) is 35.9 Å². The quantitative estimate of drug-likeness (QED) is 0.753. The van der Waals surface area contributed by atoms with Crippen LogP contribution in [0, 0.1) is 5.92 Å². The topological polar surface area (TPSA) is 12.0 Å². The summed E-state index contributed by atoms with van der Waals surface area (Å²) < 4.78 is 0. The van der Waals surface area contributed by atoms with E-state index in [-0.39, 0.29) is 0 Å². The van der Waals surface area contributed by atoms with Crippen LogP contribution < -0.4 is 5.32 Å². The molecule has 0 aliphatic carbocycles. The predicted octanol–water partition coefficient (Wildman–Crippen LogP) is 3.21. The van der Waals surface area contributed by atoms with Crippen molar-refractivity contribution in [1.29, 1.82) is 0 Å². The van der Waals surface area contributed by atoms with Crippen LogP contribution in [-0.4, -0.2) is 6.04 Å². The highest BCUT2D eigenvalue weighted by Crippen LogP contribution is 2.05. The van der Waals surface area contributed by atoms with E-state index in [0.717, 1.165) is 12.5 Å². The Morgan fingerprint density at radius 1 is 1.07 bits per heavy atom. The van der Waals surface area contributed by atoms with Gasteiger partial charge in [-0.2, -0.15) is 0 Å². The van der Waals surface area contributed by atoms with Gasteiger partial charge in [0.05, 0.1) is 0 Å². The van der Waals surface area contributed by atoms with Gasteiger partial charge in [0, 0.05) is 12.6 Å². The first-order valence-corrected chi connectivity index (χ1v) is 5.46. The minimum atomic E-state index is 0.607. The summed E-state index contributed by atoms with van der Waals surface area (Å²) in [4.78, 5) is 0. The first-order chi connectivity index (χ1) is 6.68. The Morgan fingerprint density at radius 2 is 1.71 bits per heavy atom. The third-order valence-electron chi connectivity index (χ3n) is 2.32. The average Bonchev–Trinajstić information content (AvgIpc) is 2.15. The van der Waals surface area contributed by atoms with Crippen molar-refractivity contribution < 1.29 is 0 Å². The Kier molecular flexibility index (Phi) is 4.68. The zero-order valence-corrected chi connectivity index (χ0v) is 9.46. The molecule has 0 heterocycles. The smallest absolute Gasteiger partial charge is 0.0207 e. The molecule has 0 bridgehead atoms. The van der Waals surface area contributed by atoms with Gasteiger partial charge in [-0.05, 0) is 24.8 Å². The van der Waals surface area contributed by atoms with Gasteiger partial charge in [-0.25, -0.2) is 0 Å². The van der Waals surface area contributed by atoms with E-state index in [1.165, 1.54) is 12.0 Å². The summed E-state index contributed by atoms with van der Waals surface area (Å²) in [6.07, 6.45) is 1.24. The molecule has 1 atom stereocenters. The molecule has 0 aliphatic rings. The van der Waals surface area contributed by atoms with Gasteiger partial charge < -0.3 is 5.32 Å². The molecule has 0 saturated carbocycles. The second-order valence-corrected chi connectivity index (χ2v) is 4.40. The van der Waals surface area contributed by atoms with Gasteiger partial charge >= 0.3 is 0 Å². The summed E-state index contributed by atoms with van der Waals surface area (Å²) in [6, 6.07) is 11.2. The second-order valence-electron chi connectivity index (χ2n) is 4.40. The molecule has 0 aromatic heterocycles. The molecule has 0 aliphatic heterocycles. The standard InChI is InChI=1S/C13H21N/c1-11(2)9-12(3)14-10-13-7-5-4-6-8-13/h4-8,11-12,14H,9-10H2,1-3H3/t12-/m1/s1. The van der Waals surface area contributed by atoms with Crippen LogP contribution in [0.2, 0.25) is 0 Å². The maximum atomic E-state index is 3.53. The molecule has 0 saturated heterocycles. The molecule has 0 radical (unpaired) electrons. The van der Waals surface area contributed by atoms with Gasteiger partial charge in [0.25, 0.3) is 0 Å². The van der Waals surface area contributed by atoms with Crippen LogP contribution >= 0.6 is 0 Å². The molecule has 1 rings (SSSR count). The van der Waals surface area contributed by atoms with Crippen LogP contribution in [0.5, 0.6) is 0 Å². The summed E-state index contributed by atoms with van der Waals surface area (Å²) in [6.45, 7) is 7.76. The SMILES string of the molecule is CC(C)C[C@@H](C)NCc1ccccc1. The number of hydrogen-bond acceptors (Lipinski definition) is 1. The molecule has 0 fully saturated rings. The third-order valence-corrected chi connectivity index (χ3v) is 2.32. The van der Waals surface area contributed by atoms with E-state index in [0.29, 0.717) is 6.04 Å². The normalized spacial score (nSPS) is 13.1. The van der Waals surface area contributed by atoms with Gasteiger partial charge in [-0.1, -0.05) is 44.2 Å². The number of hydrogen-bond donors (Lipinski definition) is 1.